The highest BCUT2D eigenvalue weighted by molar-refractivity contribution is 7.89. The average Bonchev–Trinajstić information content (AvgIpc) is 3.40. The van der Waals surface area contributed by atoms with Gasteiger partial charge in [-0.15, -0.1) is 22.7 Å². The zero-order chi connectivity index (χ0) is 20.4. The summed E-state index contributed by atoms with van der Waals surface area (Å²) in [6.45, 7) is 3.08. The fourth-order valence-corrected chi connectivity index (χ4v) is 6.11. The largest absolute Gasteiger partial charge is 0.379 e. The predicted octanol–water partition coefficient (Wildman–Crippen LogP) is 3.45. The summed E-state index contributed by atoms with van der Waals surface area (Å²) in [7, 11) is -3.69. The fourth-order valence-electron chi connectivity index (χ4n) is 2.98. The number of benzene rings is 1. The van der Waals surface area contributed by atoms with E-state index in [1.165, 1.54) is 21.7 Å². The van der Waals surface area contributed by atoms with Crippen LogP contribution in [0.2, 0.25) is 0 Å². The third-order valence-corrected chi connectivity index (χ3v) is 8.23. The molecule has 2 aromatic heterocycles. The molecule has 4 rings (SSSR count). The molecule has 1 amide bonds. The number of carbonyl (C=O) groups is 1. The molecular weight excluding hydrogens is 430 g/mol. The van der Waals surface area contributed by atoms with Crippen molar-refractivity contribution in [2.45, 2.75) is 11.8 Å². The lowest BCUT2D eigenvalue weighted by atomic mass is 10.1. The van der Waals surface area contributed by atoms with Gasteiger partial charge in [-0.05, 0) is 36.1 Å². The maximum Gasteiger partial charge on any atom is 0.257 e. The van der Waals surface area contributed by atoms with Crippen LogP contribution < -0.4 is 5.32 Å². The summed E-state index contributed by atoms with van der Waals surface area (Å²) in [6, 6.07) is 8.62. The Morgan fingerprint density at radius 3 is 2.72 bits per heavy atom. The smallest absolute Gasteiger partial charge is 0.257 e. The number of ether oxygens (including phenoxy) is 1. The normalized spacial score (nSPS) is 15.3. The van der Waals surface area contributed by atoms with E-state index in [9.17, 15) is 13.2 Å². The van der Waals surface area contributed by atoms with Crippen molar-refractivity contribution in [2.75, 3.05) is 31.6 Å². The summed E-state index contributed by atoms with van der Waals surface area (Å²) < 4.78 is 32.7. The van der Waals surface area contributed by atoms with E-state index in [0.29, 0.717) is 37.0 Å². The molecule has 3 heterocycles. The molecule has 1 aliphatic heterocycles. The Bertz CT molecular complexity index is 1120. The quantitative estimate of drug-likeness (QED) is 0.644. The number of rotatable bonds is 5. The molecule has 0 unspecified atom stereocenters. The number of amides is 1. The highest BCUT2D eigenvalue weighted by atomic mass is 32.2. The first kappa shape index (κ1) is 20.2. The second-order valence-electron chi connectivity index (χ2n) is 6.47. The van der Waals surface area contributed by atoms with Crippen LogP contribution in [0.5, 0.6) is 0 Å². The minimum Gasteiger partial charge on any atom is -0.379 e. The SMILES string of the molecule is Cc1ccc(C(=O)Nc2nc(-c3cccs3)cs2)cc1S(=O)(=O)N1CCOCC1. The van der Waals surface area contributed by atoms with Crippen LogP contribution in [0.4, 0.5) is 5.13 Å². The van der Waals surface area contributed by atoms with Crippen molar-refractivity contribution in [1.29, 1.82) is 0 Å². The summed E-state index contributed by atoms with van der Waals surface area (Å²) in [4.78, 5) is 18.3. The van der Waals surface area contributed by atoms with Crippen LogP contribution in [0.3, 0.4) is 0 Å². The van der Waals surface area contributed by atoms with Gasteiger partial charge < -0.3 is 4.74 Å². The minimum atomic E-state index is -3.69. The van der Waals surface area contributed by atoms with E-state index in [4.69, 9.17) is 4.74 Å². The molecule has 3 aromatic rings. The molecule has 10 heteroatoms. The molecule has 0 bridgehead atoms. The number of anilines is 1. The molecule has 1 aromatic carbocycles. The van der Waals surface area contributed by atoms with Gasteiger partial charge in [0.1, 0.15) is 0 Å². The standard InChI is InChI=1S/C19H19N3O4S3/c1-13-4-5-14(11-17(13)29(24,25)22-6-8-26-9-7-22)18(23)21-19-20-15(12-28-19)16-3-2-10-27-16/h2-5,10-12H,6-9H2,1H3,(H,20,21,23). The molecule has 1 saturated heterocycles. The van der Waals surface area contributed by atoms with Crippen molar-refractivity contribution in [3.63, 3.8) is 0 Å². The molecule has 7 nitrogen and oxygen atoms in total. The molecule has 1 fully saturated rings. The number of morpholine rings is 1. The van der Waals surface area contributed by atoms with Crippen LogP contribution >= 0.6 is 22.7 Å². The monoisotopic (exact) mass is 449 g/mol. The molecule has 0 saturated carbocycles. The first-order valence-corrected chi connectivity index (χ1v) is 12.1. The van der Waals surface area contributed by atoms with Gasteiger partial charge in [-0.2, -0.15) is 4.31 Å². The third-order valence-electron chi connectivity index (χ3n) is 4.54. The lowest BCUT2D eigenvalue weighted by Crippen LogP contribution is -2.40. The second kappa shape index (κ2) is 8.33. The number of thiazole rings is 1. The van der Waals surface area contributed by atoms with Gasteiger partial charge in [-0.25, -0.2) is 13.4 Å². The number of hydrogen-bond donors (Lipinski definition) is 1. The topological polar surface area (TPSA) is 88.6 Å². The highest BCUT2D eigenvalue weighted by Crippen LogP contribution is 2.29. The number of carbonyl (C=O) groups excluding carboxylic acids is 1. The second-order valence-corrected chi connectivity index (χ2v) is 10.2. The Morgan fingerprint density at radius 1 is 1.21 bits per heavy atom. The molecule has 29 heavy (non-hydrogen) atoms. The molecule has 152 valence electrons. The van der Waals surface area contributed by atoms with Gasteiger partial charge in [0.05, 0.1) is 28.7 Å². The average molecular weight is 450 g/mol. The number of sulfonamides is 1. The van der Waals surface area contributed by atoms with Gasteiger partial charge in [0.15, 0.2) is 5.13 Å². The number of aromatic nitrogens is 1. The van der Waals surface area contributed by atoms with Gasteiger partial charge in [0.25, 0.3) is 5.91 Å². The molecule has 1 aliphatic rings. The molecular formula is C19H19N3O4S3. The van der Waals surface area contributed by atoms with E-state index in [-0.39, 0.29) is 10.5 Å². The maximum atomic E-state index is 13.0. The highest BCUT2D eigenvalue weighted by Gasteiger charge is 2.28. The van der Waals surface area contributed by atoms with Crippen molar-refractivity contribution < 1.29 is 17.9 Å². The number of nitrogens with zero attached hydrogens (tertiary/aromatic N) is 2. The minimum absolute atomic E-state index is 0.144. The van der Waals surface area contributed by atoms with Crippen molar-refractivity contribution >= 4 is 43.7 Å². The van der Waals surface area contributed by atoms with Crippen molar-refractivity contribution in [2.24, 2.45) is 0 Å². The molecule has 0 aliphatic carbocycles. The Kier molecular flexibility index (Phi) is 5.79. The summed E-state index contributed by atoms with van der Waals surface area (Å²) in [5.41, 5.74) is 1.68. The Balaban J connectivity index is 1.56. The van der Waals surface area contributed by atoms with Gasteiger partial charge in [0.2, 0.25) is 10.0 Å². The number of hydrogen-bond acceptors (Lipinski definition) is 7. The van der Waals surface area contributed by atoms with Gasteiger partial charge in [-0.1, -0.05) is 12.1 Å². The lowest BCUT2D eigenvalue weighted by molar-refractivity contribution is 0.0730. The van der Waals surface area contributed by atoms with Crippen LogP contribution in [-0.4, -0.2) is 49.9 Å². The zero-order valence-electron chi connectivity index (χ0n) is 15.6. The third kappa shape index (κ3) is 4.26. The first-order chi connectivity index (χ1) is 13.9. The summed E-state index contributed by atoms with van der Waals surface area (Å²) >= 11 is 2.91. The molecule has 0 atom stereocenters. The van der Waals surface area contributed by atoms with Crippen LogP contribution in [0.15, 0.2) is 46.0 Å². The Labute approximate surface area is 177 Å². The van der Waals surface area contributed by atoms with Crippen molar-refractivity contribution in [3.05, 3.63) is 52.2 Å². The Hall–Kier alpha value is -2.11. The summed E-state index contributed by atoms with van der Waals surface area (Å²) in [5.74, 6) is -0.393. The van der Waals surface area contributed by atoms with Gasteiger partial charge >= 0.3 is 0 Å². The molecule has 0 radical (unpaired) electrons. The van der Waals surface area contributed by atoms with E-state index in [2.05, 4.69) is 10.3 Å². The van der Waals surface area contributed by atoms with E-state index in [1.54, 1.807) is 30.4 Å². The Morgan fingerprint density at radius 2 is 2.00 bits per heavy atom. The fraction of sp³-hybridized carbons (Fsp3) is 0.263. The molecule has 0 spiro atoms. The van der Waals surface area contributed by atoms with Crippen LogP contribution in [0, 0.1) is 6.92 Å². The van der Waals surface area contributed by atoms with Crippen molar-refractivity contribution in [1.82, 2.24) is 9.29 Å². The summed E-state index contributed by atoms with van der Waals surface area (Å²) in [6.07, 6.45) is 0. The molecule has 1 N–H and O–H groups in total. The maximum absolute atomic E-state index is 13.0. The van der Waals surface area contributed by atoms with Crippen LogP contribution in [0.1, 0.15) is 15.9 Å². The number of nitrogens with one attached hydrogen (secondary N) is 1. The van der Waals surface area contributed by atoms with E-state index in [0.717, 1.165) is 10.6 Å². The van der Waals surface area contributed by atoms with E-state index < -0.39 is 15.9 Å². The lowest BCUT2D eigenvalue weighted by Gasteiger charge is -2.26. The van der Waals surface area contributed by atoms with Crippen LogP contribution in [0.25, 0.3) is 10.6 Å². The number of aryl methyl sites for hydroxylation is 1. The van der Waals surface area contributed by atoms with E-state index in [1.807, 2.05) is 22.9 Å². The van der Waals surface area contributed by atoms with Gasteiger partial charge in [0, 0.05) is 24.0 Å². The number of thiophene rings is 1. The summed E-state index contributed by atoms with van der Waals surface area (Å²) in [5, 5.41) is 7.08. The predicted molar refractivity (Wildman–Crippen MR) is 114 cm³/mol. The zero-order valence-corrected chi connectivity index (χ0v) is 18.1. The van der Waals surface area contributed by atoms with E-state index >= 15 is 0 Å². The van der Waals surface area contributed by atoms with Crippen molar-refractivity contribution in [3.8, 4) is 10.6 Å². The first-order valence-electron chi connectivity index (χ1n) is 8.94. The van der Waals surface area contributed by atoms with Gasteiger partial charge in [-0.3, -0.25) is 10.1 Å². The van der Waals surface area contributed by atoms with Crippen LogP contribution in [-0.2, 0) is 14.8 Å².